The van der Waals surface area contributed by atoms with Crippen LogP contribution in [0.4, 0.5) is 11.5 Å². The van der Waals surface area contributed by atoms with E-state index >= 15 is 0 Å². The van der Waals surface area contributed by atoms with Crippen LogP contribution in [-0.4, -0.2) is 26.3 Å². The Balaban J connectivity index is 1.88. The molecule has 2 aromatic carbocycles. The molecule has 0 aliphatic carbocycles. The fraction of sp³-hybridized carbons (Fsp3) is 0.150. The van der Waals surface area contributed by atoms with Crippen molar-refractivity contribution in [2.24, 2.45) is 0 Å². The molecule has 5 nitrogen and oxygen atoms in total. The number of hydrogen-bond donors (Lipinski definition) is 0. The summed E-state index contributed by atoms with van der Waals surface area (Å²) in [6, 6.07) is 16.0. The van der Waals surface area contributed by atoms with E-state index in [0.29, 0.717) is 5.02 Å². The number of aromatic nitrogens is 4. The Kier molecular flexibility index (Phi) is 4.31. The first-order valence-electron chi connectivity index (χ1n) is 8.47. The van der Waals surface area contributed by atoms with Gasteiger partial charge in [-0.25, -0.2) is 14.6 Å². The van der Waals surface area contributed by atoms with Crippen LogP contribution in [0.3, 0.4) is 0 Å². The van der Waals surface area contributed by atoms with Crippen molar-refractivity contribution >= 4 is 34.1 Å². The van der Waals surface area contributed by atoms with E-state index in [0.717, 1.165) is 40.3 Å². The molecule has 0 N–H and O–H groups in total. The quantitative estimate of drug-likeness (QED) is 0.515. The van der Waals surface area contributed by atoms with Gasteiger partial charge in [0.25, 0.3) is 0 Å². The fourth-order valence-corrected chi connectivity index (χ4v) is 3.37. The predicted molar refractivity (Wildman–Crippen MR) is 106 cm³/mol. The van der Waals surface area contributed by atoms with Crippen LogP contribution in [0.1, 0.15) is 12.5 Å². The maximum Gasteiger partial charge on any atom is 0.168 e. The molecule has 0 unspecified atom stereocenters. The van der Waals surface area contributed by atoms with E-state index in [4.69, 9.17) is 11.6 Å². The van der Waals surface area contributed by atoms with Crippen LogP contribution in [0, 0.1) is 6.92 Å². The maximum atomic E-state index is 6.09. The molecular weight excluding hydrogens is 346 g/mol. The van der Waals surface area contributed by atoms with Gasteiger partial charge in [-0.05, 0) is 49.7 Å². The largest absolute Gasteiger partial charge is 0.326 e. The maximum absolute atomic E-state index is 6.09. The average Bonchev–Trinajstić information content (AvgIpc) is 3.08. The van der Waals surface area contributed by atoms with Gasteiger partial charge >= 0.3 is 0 Å². The molecule has 0 amide bonds. The zero-order valence-electron chi connectivity index (χ0n) is 14.6. The number of aryl methyl sites for hydroxylation is 1. The van der Waals surface area contributed by atoms with Gasteiger partial charge in [-0.3, -0.25) is 0 Å². The van der Waals surface area contributed by atoms with Gasteiger partial charge < -0.3 is 4.90 Å². The van der Waals surface area contributed by atoms with Gasteiger partial charge in [0, 0.05) is 17.3 Å². The van der Waals surface area contributed by atoms with Gasteiger partial charge in [0.15, 0.2) is 5.65 Å². The number of rotatable bonds is 4. The lowest BCUT2D eigenvalue weighted by Crippen LogP contribution is -2.17. The lowest BCUT2D eigenvalue weighted by atomic mass is 10.2. The van der Waals surface area contributed by atoms with Crippen molar-refractivity contribution in [3.63, 3.8) is 0 Å². The molecule has 4 rings (SSSR count). The third-order valence-electron chi connectivity index (χ3n) is 4.37. The minimum absolute atomic E-state index is 0.708. The van der Waals surface area contributed by atoms with E-state index in [1.165, 1.54) is 0 Å². The van der Waals surface area contributed by atoms with Crippen molar-refractivity contribution in [2.45, 2.75) is 13.8 Å². The second-order valence-electron chi connectivity index (χ2n) is 6.00. The van der Waals surface area contributed by atoms with Crippen LogP contribution >= 0.6 is 11.6 Å². The van der Waals surface area contributed by atoms with Crippen molar-refractivity contribution in [3.8, 4) is 5.69 Å². The SMILES string of the molecule is CCN(c1ccccc1)c1ncnc2c1cnn2-c1ccc(Cl)cc1C. The molecule has 4 aromatic rings. The first-order valence-corrected chi connectivity index (χ1v) is 8.84. The number of benzene rings is 2. The summed E-state index contributed by atoms with van der Waals surface area (Å²) in [5.74, 6) is 0.849. The highest BCUT2D eigenvalue weighted by Crippen LogP contribution is 2.30. The summed E-state index contributed by atoms with van der Waals surface area (Å²) in [5, 5.41) is 6.19. The second-order valence-corrected chi connectivity index (χ2v) is 6.44. The van der Waals surface area contributed by atoms with Gasteiger partial charge in [0.2, 0.25) is 0 Å². The van der Waals surface area contributed by atoms with Crippen molar-refractivity contribution in [1.82, 2.24) is 19.7 Å². The molecule has 0 bridgehead atoms. The van der Waals surface area contributed by atoms with Crippen LogP contribution < -0.4 is 4.90 Å². The Morgan fingerprint density at radius 3 is 2.62 bits per heavy atom. The Morgan fingerprint density at radius 2 is 1.88 bits per heavy atom. The molecule has 2 heterocycles. The van der Waals surface area contributed by atoms with E-state index in [1.807, 2.05) is 54.2 Å². The molecule has 0 aliphatic heterocycles. The Bertz CT molecular complexity index is 1060. The lowest BCUT2D eigenvalue weighted by Gasteiger charge is -2.22. The second kappa shape index (κ2) is 6.77. The van der Waals surface area contributed by atoms with Gasteiger partial charge in [-0.2, -0.15) is 5.10 Å². The normalized spacial score (nSPS) is 11.0. The summed E-state index contributed by atoms with van der Waals surface area (Å²) in [7, 11) is 0. The molecule has 0 atom stereocenters. The monoisotopic (exact) mass is 363 g/mol. The highest BCUT2D eigenvalue weighted by atomic mass is 35.5. The molecule has 0 spiro atoms. The van der Waals surface area contributed by atoms with E-state index < -0.39 is 0 Å². The van der Waals surface area contributed by atoms with E-state index in [-0.39, 0.29) is 0 Å². The molecule has 6 heteroatoms. The number of anilines is 2. The molecule has 130 valence electrons. The molecule has 0 aliphatic rings. The first kappa shape index (κ1) is 16.5. The van der Waals surface area contributed by atoms with E-state index in [9.17, 15) is 0 Å². The number of fused-ring (bicyclic) bond motifs is 1. The van der Waals surface area contributed by atoms with Gasteiger partial charge in [0.05, 0.1) is 17.3 Å². The lowest BCUT2D eigenvalue weighted by molar-refractivity contribution is 0.886. The van der Waals surface area contributed by atoms with Gasteiger partial charge in [0.1, 0.15) is 12.1 Å². The summed E-state index contributed by atoms with van der Waals surface area (Å²) in [6.45, 7) is 4.91. The molecule has 0 radical (unpaired) electrons. The summed E-state index contributed by atoms with van der Waals surface area (Å²) in [5.41, 5.74) is 3.86. The summed E-state index contributed by atoms with van der Waals surface area (Å²) in [4.78, 5) is 11.2. The summed E-state index contributed by atoms with van der Waals surface area (Å²) >= 11 is 6.09. The Labute approximate surface area is 156 Å². The van der Waals surface area contributed by atoms with Gasteiger partial charge in [-0.15, -0.1) is 0 Å². The first-order chi connectivity index (χ1) is 12.7. The molecular formula is C20H18ClN5. The molecule has 0 saturated heterocycles. The number of halogens is 1. The zero-order valence-corrected chi connectivity index (χ0v) is 15.4. The minimum atomic E-state index is 0.708. The number of nitrogens with zero attached hydrogens (tertiary/aromatic N) is 5. The highest BCUT2D eigenvalue weighted by Gasteiger charge is 2.17. The van der Waals surface area contributed by atoms with Crippen molar-refractivity contribution in [2.75, 3.05) is 11.4 Å². The minimum Gasteiger partial charge on any atom is -0.326 e. The van der Waals surface area contributed by atoms with Crippen LogP contribution in [0.25, 0.3) is 16.7 Å². The number of para-hydroxylation sites is 1. The standard InChI is InChI=1S/C20H18ClN5/c1-3-25(16-7-5-4-6-8-16)19-17-12-24-26(20(17)23-13-22-19)18-10-9-15(21)11-14(18)2/h4-13H,3H2,1-2H3. The van der Waals surface area contributed by atoms with Crippen LogP contribution in [0.2, 0.25) is 5.02 Å². The van der Waals surface area contributed by atoms with Crippen molar-refractivity contribution in [1.29, 1.82) is 0 Å². The molecule has 26 heavy (non-hydrogen) atoms. The zero-order chi connectivity index (χ0) is 18.1. The smallest absolute Gasteiger partial charge is 0.168 e. The Morgan fingerprint density at radius 1 is 1.08 bits per heavy atom. The summed E-state index contributed by atoms with van der Waals surface area (Å²) in [6.07, 6.45) is 3.41. The third-order valence-corrected chi connectivity index (χ3v) is 4.61. The van der Waals surface area contributed by atoms with E-state index in [2.05, 4.69) is 39.0 Å². The summed E-state index contributed by atoms with van der Waals surface area (Å²) < 4.78 is 1.84. The van der Waals surface area contributed by atoms with Crippen LogP contribution in [0.15, 0.2) is 61.1 Å². The van der Waals surface area contributed by atoms with Crippen molar-refractivity contribution < 1.29 is 0 Å². The van der Waals surface area contributed by atoms with Crippen LogP contribution in [0.5, 0.6) is 0 Å². The van der Waals surface area contributed by atoms with E-state index in [1.54, 1.807) is 6.33 Å². The van der Waals surface area contributed by atoms with Crippen molar-refractivity contribution in [3.05, 3.63) is 71.6 Å². The fourth-order valence-electron chi connectivity index (χ4n) is 3.14. The molecule has 0 saturated carbocycles. The number of hydrogen-bond acceptors (Lipinski definition) is 4. The Hall–Kier alpha value is -2.92. The highest BCUT2D eigenvalue weighted by molar-refractivity contribution is 6.30. The van der Waals surface area contributed by atoms with Gasteiger partial charge in [-0.1, -0.05) is 29.8 Å². The van der Waals surface area contributed by atoms with Crippen LogP contribution in [-0.2, 0) is 0 Å². The topological polar surface area (TPSA) is 46.8 Å². The predicted octanol–water partition coefficient (Wildman–Crippen LogP) is 4.94. The molecule has 2 aromatic heterocycles. The molecule has 0 fully saturated rings. The average molecular weight is 364 g/mol. The third kappa shape index (κ3) is 2.80.